The molecule has 9 nitrogen and oxygen atoms in total. The molecular weight excluding hydrogens is 442 g/mol. The van der Waals surface area contributed by atoms with Gasteiger partial charge < -0.3 is 34.9 Å². The number of hydrogen-bond acceptors (Lipinski definition) is 8. The zero-order valence-electron chi connectivity index (χ0n) is 19.8. The molecule has 0 bridgehead atoms. The molecule has 0 spiro atoms. The van der Waals surface area contributed by atoms with Gasteiger partial charge in [-0.15, -0.1) is 0 Å². The highest BCUT2D eigenvalue weighted by molar-refractivity contribution is 5.98. The van der Waals surface area contributed by atoms with Crippen molar-refractivity contribution in [1.82, 2.24) is 25.2 Å². The third kappa shape index (κ3) is 4.02. The molecule has 2 aliphatic heterocycles. The zero-order valence-corrected chi connectivity index (χ0v) is 19.8. The predicted octanol–water partition coefficient (Wildman–Crippen LogP) is 3.27. The lowest BCUT2D eigenvalue weighted by molar-refractivity contribution is 0.259. The Kier molecular flexibility index (Phi) is 5.43. The summed E-state index contributed by atoms with van der Waals surface area (Å²) in [4.78, 5) is 17.4. The summed E-state index contributed by atoms with van der Waals surface area (Å²) < 4.78 is 5.18. The molecule has 1 fully saturated rings. The second-order valence-corrected chi connectivity index (χ2v) is 9.24. The summed E-state index contributed by atoms with van der Waals surface area (Å²) in [6, 6.07) is 14.1. The molecule has 4 heterocycles. The maximum absolute atomic E-state index is 11.2. The van der Waals surface area contributed by atoms with Crippen LogP contribution in [0.1, 0.15) is 30.0 Å². The minimum Gasteiger partial charge on any atom is -0.451 e. The van der Waals surface area contributed by atoms with Crippen LogP contribution < -0.4 is 15.5 Å². The van der Waals surface area contributed by atoms with E-state index in [1.807, 2.05) is 37.3 Å². The Labute approximate surface area is 203 Å². The molecule has 0 saturated carbocycles. The number of H-pyrrole nitrogens is 1. The summed E-state index contributed by atoms with van der Waals surface area (Å²) in [6.07, 6.45) is 2.11. The van der Waals surface area contributed by atoms with Crippen LogP contribution in [0.3, 0.4) is 0 Å². The summed E-state index contributed by atoms with van der Waals surface area (Å²) in [5.74, 6) is 0.625. The normalized spacial score (nSPS) is 19.5. The number of aromatic nitrogens is 3. The second kappa shape index (κ2) is 8.75. The maximum atomic E-state index is 11.2. The van der Waals surface area contributed by atoms with Crippen LogP contribution in [0.5, 0.6) is 0 Å². The number of para-hydroxylation sites is 1. The van der Waals surface area contributed by atoms with Crippen molar-refractivity contribution < 1.29 is 9.52 Å². The van der Waals surface area contributed by atoms with Crippen molar-refractivity contribution in [3.63, 3.8) is 0 Å². The monoisotopic (exact) mass is 471 g/mol. The van der Waals surface area contributed by atoms with Gasteiger partial charge in [-0.3, -0.25) is 0 Å². The van der Waals surface area contributed by atoms with Crippen molar-refractivity contribution in [1.29, 1.82) is 0 Å². The van der Waals surface area contributed by atoms with E-state index in [0.29, 0.717) is 11.4 Å². The van der Waals surface area contributed by atoms with Crippen LogP contribution in [0.4, 0.5) is 11.4 Å². The van der Waals surface area contributed by atoms with Crippen molar-refractivity contribution in [3.05, 3.63) is 72.2 Å². The molecule has 2 aliphatic rings. The molecule has 6 rings (SSSR count). The maximum Gasteiger partial charge on any atom is 0.180 e. The van der Waals surface area contributed by atoms with E-state index in [2.05, 4.69) is 49.6 Å². The smallest absolute Gasteiger partial charge is 0.180 e. The van der Waals surface area contributed by atoms with Crippen LogP contribution in [0.25, 0.3) is 22.3 Å². The Bertz CT molecular complexity index is 1370. The number of aliphatic hydroxyl groups is 1. The highest BCUT2D eigenvalue weighted by atomic mass is 16.3. The van der Waals surface area contributed by atoms with Crippen molar-refractivity contribution in [2.75, 3.05) is 43.4 Å². The van der Waals surface area contributed by atoms with Gasteiger partial charge in [-0.05, 0) is 38.2 Å². The predicted molar refractivity (Wildman–Crippen MR) is 137 cm³/mol. The Morgan fingerprint density at radius 3 is 2.77 bits per heavy atom. The topological polar surface area (TPSA) is 105 Å². The average Bonchev–Trinajstić information content (AvgIpc) is 3.54. The minimum atomic E-state index is -0.936. The number of imidazole rings is 1. The molecule has 0 radical (unpaired) electrons. The molecule has 2 atom stereocenters. The molecule has 1 unspecified atom stereocenters. The van der Waals surface area contributed by atoms with Crippen LogP contribution in [-0.2, 0) is 0 Å². The SMILES string of the molecule is C[C@H](NC1=C(c2nc3ccc(N4CCN(C)CC4)cc3[nH]2)C(O)Nc2ccccc21)c1cocn1. The first kappa shape index (κ1) is 21.7. The van der Waals surface area contributed by atoms with E-state index < -0.39 is 6.23 Å². The van der Waals surface area contributed by atoms with Crippen LogP contribution in [-0.4, -0.2) is 64.4 Å². The number of nitrogens with zero attached hydrogens (tertiary/aromatic N) is 4. The van der Waals surface area contributed by atoms with E-state index in [4.69, 9.17) is 9.40 Å². The van der Waals surface area contributed by atoms with Crippen molar-refractivity contribution in [3.8, 4) is 0 Å². The van der Waals surface area contributed by atoms with Crippen LogP contribution in [0.15, 0.2) is 59.5 Å². The first-order valence-corrected chi connectivity index (χ1v) is 11.9. The third-order valence-corrected chi connectivity index (χ3v) is 6.88. The zero-order chi connectivity index (χ0) is 23.9. The van der Waals surface area contributed by atoms with Gasteiger partial charge in [-0.25, -0.2) is 9.97 Å². The van der Waals surface area contributed by atoms with Crippen molar-refractivity contribution in [2.24, 2.45) is 0 Å². The molecule has 1 saturated heterocycles. The van der Waals surface area contributed by atoms with Crippen LogP contribution in [0, 0.1) is 0 Å². The van der Waals surface area contributed by atoms with Crippen LogP contribution >= 0.6 is 0 Å². The lowest BCUT2D eigenvalue weighted by Gasteiger charge is -2.34. The number of hydrogen-bond donors (Lipinski definition) is 4. The molecule has 180 valence electrons. The molecule has 0 amide bonds. The van der Waals surface area contributed by atoms with Gasteiger partial charge in [0.1, 0.15) is 17.8 Å². The van der Waals surface area contributed by atoms with E-state index in [1.54, 1.807) is 6.26 Å². The third-order valence-electron chi connectivity index (χ3n) is 6.88. The molecule has 2 aromatic carbocycles. The number of likely N-dealkylation sites (N-methyl/N-ethyl adjacent to an activating group) is 1. The van der Waals surface area contributed by atoms with Gasteiger partial charge in [-0.1, -0.05) is 18.2 Å². The first-order valence-electron chi connectivity index (χ1n) is 11.9. The summed E-state index contributed by atoms with van der Waals surface area (Å²) in [5.41, 5.74) is 7.05. The number of nitrogens with one attached hydrogen (secondary N) is 3. The van der Waals surface area contributed by atoms with Gasteiger partial charge in [0, 0.05) is 43.1 Å². The highest BCUT2D eigenvalue weighted by Crippen LogP contribution is 2.37. The fourth-order valence-electron chi connectivity index (χ4n) is 4.84. The van der Waals surface area contributed by atoms with E-state index in [-0.39, 0.29) is 6.04 Å². The quantitative estimate of drug-likeness (QED) is 0.352. The van der Waals surface area contributed by atoms with E-state index in [0.717, 1.165) is 59.9 Å². The van der Waals surface area contributed by atoms with E-state index in [9.17, 15) is 5.11 Å². The standard InChI is InChI=1S/C26H29N7O2/c1-16(22-14-35-15-27-22)28-24-18-5-3-4-6-19(18)31-26(34)23(24)25-29-20-8-7-17(13-21(20)30-25)33-11-9-32(2)10-12-33/h3-8,13-16,26,28,31,34H,9-12H2,1-2H3,(H,29,30)/t16-,26?/m0/s1. The molecular formula is C26H29N7O2. The molecule has 0 aliphatic carbocycles. The molecule has 2 aromatic heterocycles. The fraction of sp³-hybridized carbons (Fsp3) is 0.308. The Balaban J connectivity index is 1.42. The van der Waals surface area contributed by atoms with Crippen molar-refractivity contribution >= 4 is 33.7 Å². The number of fused-ring (bicyclic) bond motifs is 2. The summed E-state index contributed by atoms with van der Waals surface area (Å²) in [6.45, 7) is 6.12. The van der Waals surface area contributed by atoms with E-state index in [1.165, 1.54) is 12.1 Å². The summed E-state index contributed by atoms with van der Waals surface area (Å²) in [5, 5.41) is 17.9. The number of rotatable bonds is 5. The largest absolute Gasteiger partial charge is 0.451 e. The van der Waals surface area contributed by atoms with Crippen molar-refractivity contribution in [2.45, 2.75) is 19.2 Å². The van der Waals surface area contributed by atoms with E-state index >= 15 is 0 Å². The number of aliphatic hydroxyl groups excluding tert-OH is 1. The van der Waals surface area contributed by atoms with Gasteiger partial charge in [0.2, 0.25) is 0 Å². The number of aromatic amines is 1. The molecule has 4 aromatic rings. The fourth-order valence-corrected chi connectivity index (χ4v) is 4.84. The van der Waals surface area contributed by atoms with Gasteiger partial charge in [0.15, 0.2) is 12.6 Å². The number of oxazole rings is 1. The lowest BCUT2D eigenvalue weighted by Crippen LogP contribution is -2.44. The highest BCUT2D eigenvalue weighted by Gasteiger charge is 2.30. The lowest BCUT2D eigenvalue weighted by atomic mass is 9.97. The van der Waals surface area contributed by atoms with Gasteiger partial charge in [0.05, 0.1) is 28.3 Å². The van der Waals surface area contributed by atoms with Gasteiger partial charge in [-0.2, -0.15) is 0 Å². The molecule has 35 heavy (non-hydrogen) atoms. The minimum absolute atomic E-state index is 0.134. The second-order valence-electron chi connectivity index (χ2n) is 9.24. The number of benzene rings is 2. The Hall–Kier alpha value is -3.82. The summed E-state index contributed by atoms with van der Waals surface area (Å²) in [7, 11) is 2.16. The Morgan fingerprint density at radius 2 is 1.97 bits per heavy atom. The number of anilines is 2. The van der Waals surface area contributed by atoms with Crippen LogP contribution in [0.2, 0.25) is 0 Å². The number of piperazine rings is 1. The first-order chi connectivity index (χ1) is 17.1. The average molecular weight is 472 g/mol. The Morgan fingerprint density at radius 1 is 1.14 bits per heavy atom. The van der Waals surface area contributed by atoms with Gasteiger partial charge in [0.25, 0.3) is 0 Å². The molecule has 4 N–H and O–H groups in total. The summed E-state index contributed by atoms with van der Waals surface area (Å²) >= 11 is 0. The molecule has 9 heteroatoms. The van der Waals surface area contributed by atoms with Gasteiger partial charge >= 0.3 is 0 Å².